The predicted octanol–water partition coefficient (Wildman–Crippen LogP) is 3.04. The Morgan fingerprint density at radius 1 is 1.56 bits per heavy atom. The van der Waals surface area contributed by atoms with Crippen molar-refractivity contribution in [3.05, 3.63) is 22.4 Å². The van der Waals surface area contributed by atoms with Crippen molar-refractivity contribution in [1.29, 1.82) is 0 Å². The molecule has 0 aromatic carbocycles. The van der Waals surface area contributed by atoms with E-state index in [2.05, 4.69) is 17.5 Å². The quantitative estimate of drug-likeness (QED) is 0.788. The van der Waals surface area contributed by atoms with Crippen LogP contribution in [0.2, 0.25) is 0 Å². The molecular weight excluding hydrogens is 220 g/mol. The van der Waals surface area contributed by atoms with Crippen LogP contribution in [0.25, 0.3) is 0 Å². The van der Waals surface area contributed by atoms with Crippen LogP contribution in [-0.4, -0.2) is 11.6 Å². The molecule has 1 heterocycles. The summed E-state index contributed by atoms with van der Waals surface area (Å²) in [4.78, 5) is 12.4. The molecule has 0 spiro atoms. The van der Waals surface area contributed by atoms with Gasteiger partial charge in [0.05, 0.1) is 4.88 Å². The smallest absolute Gasteiger partial charge is 0.266 e. The third-order valence-corrected chi connectivity index (χ3v) is 3.80. The third kappa shape index (κ3) is 2.70. The number of nitrogens with one attached hydrogen (secondary N) is 1. The van der Waals surface area contributed by atoms with Gasteiger partial charge >= 0.3 is 0 Å². The van der Waals surface area contributed by atoms with Gasteiger partial charge in [0.2, 0.25) is 0 Å². The molecular formula is C12H16N2OS. The number of thiophene rings is 1. The summed E-state index contributed by atoms with van der Waals surface area (Å²) >= 11 is 1.44. The first-order valence-corrected chi connectivity index (χ1v) is 6.55. The summed E-state index contributed by atoms with van der Waals surface area (Å²) in [6.45, 7) is 2.18. The van der Waals surface area contributed by atoms with Gasteiger partial charge in [0.15, 0.2) is 0 Å². The molecule has 1 aromatic rings. The summed E-state index contributed by atoms with van der Waals surface area (Å²) in [5.74, 6) is 0.414. The number of nitrogens with zero attached hydrogens (tertiary/aromatic N) is 1. The van der Waals surface area contributed by atoms with Gasteiger partial charge < -0.3 is 0 Å². The van der Waals surface area contributed by atoms with E-state index in [-0.39, 0.29) is 5.91 Å². The van der Waals surface area contributed by atoms with Crippen LogP contribution in [0, 0.1) is 5.92 Å². The molecule has 1 saturated carbocycles. The van der Waals surface area contributed by atoms with Crippen molar-refractivity contribution in [1.82, 2.24) is 5.43 Å². The van der Waals surface area contributed by atoms with E-state index in [9.17, 15) is 4.79 Å². The van der Waals surface area contributed by atoms with Crippen molar-refractivity contribution in [2.75, 3.05) is 0 Å². The fourth-order valence-electron chi connectivity index (χ4n) is 1.92. The molecule has 0 saturated heterocycles. The lowest BCUT2D eigenvalue weighted by atomic mass is 9.89. The van der Waals surface area contributed by atoms with Crippen LogP contribution in [-0.2, 0) is 0 Å². The molecule has 16 heavy (non-hydrogen) atoms. The molecule has 86 valence electrons. The van der Waals surface area contributed by atoms with Gasteiger partial charge in [0, 0.05) is 5.71 Å². The Hall–Kier alpha value is -1.16. The van der Waals surface area contributed by atoms with E-state index < -0.39 is 0 Å². The van der Waals surface area contributed by atoms with Crippen molar-refractivity contribution in [2.24, 2.45) is 11.0 Å². The summed E-state index contributed by atoms with van der Waals surface area (Å²) in [6.07, 6.45) is 4.68. The molecule has 1 aromatic heterocycles. The number of carbonyl (C=O) groups is 1. The molecule has 1 N–H and O–H groups in total. The normalized spacial score (nSPS) is 23.3. The Labute approximate surface area is 99.6 Å². The maximum atomic E-state index is 11.6. The Bertz CT molecular complexity index is 384. The van der Waals surface area contributed by atoms with Gasteiger partial charge in [0.25, 0.3) is 5.91 Å². The molecule has 3 nitrogen and oxygen atoms in total. The zero-order chi connectivity index (χ0) is 11.4. The van der Waals surface area contributed by atoms with Crippen molar-refractivity contribution < 1.29 is 4.79 Å². The van der Waals surface area contributed by atoms with E-state index in [0.717, 1.165) is 12.1 Å². The van der Waals surface area contributed by atoms with Gasteiger partial charge in [-0.2, -0.15) is 5.10 Å². The maximum absolute atomic E-state index is 11.6. The largest absolute Gasteiger partial charge is 0.281 e. The van der Waals surface area contributed by atoms with Crippen LogP contribution >= 0.6 is 11.3 Å². The second kappa shape index (κ2) is 5.25. The average Bonchev–Trinajstić information content (AvgIpc) is 2.81. The Balaban J connectivity index is 1.95. The summed E-state index contributed by atoms with van der Waals surface area (Å²) in [7, 11) is 0. The lowest BCUT2D eigenvalue weighted by Crippen LogP contribution is -2.23. The van der Waals surface area contributed by atoms with Crippen molar-refractivity contribution in [2.45, 2.75) is 32.6 Å². The molecule has 1 aliphatic carbocycles. The molecule has 0 aliphatic heterocycles. The predicted molar refractivity (Wildman–Crippen MR) is 66.9 cm³/mol. The highest BCUT2D eigenvalue weighted by molar-refractivity contribution is 7.12. The fourth-order valence-corrected chi connectivity index (χ4v) is 2.53. The van der Waals surface area contributed by atoms with E-state index in [1.54, 1.807) is 0 Å². The van der Waals surface area contributed by atoms with E-state index in [4.69, 9.17) is 0 Å². The number of carbonyl (C=O) groups excluding carboxylic acids is 1. The van der Waals surface area contributed by atoms with Gasteiger partial charge in [-0.25, -0.2) is 5.43 Å². The van der Waals surface area contributed by atoms with Crippen LogP contribution in [0.4, 0.5) is 0 Å². The molecule has 0 bridgehead atoms. The highest BCUT2D eigenvalue weighted by Gasteiger charge is 2.16. The lowest BCUT2D eigenvalue weighted by Gasteiger charge is -2.19. The van der Waals surface area contributed by atoms with Gasteiger partial charge in [-0.1, -0.05) is 19.4 Å². The Morgan fingerprint density at radius 2 is 2.44 bits per heavy atom. The zero-order valence-corrected chi connectivity index (χ0v) is 10.2. The van der Waals surface area contributed by atoms with Gasteiger partial charge in [-0.15, -0.1) is 11.3 Å². The highest BCUT2D eigenvalue weighted by atomic mass is 32.1. The van der Waals surface area contributed by atoms with Crippen LogP contribution in [0.3, 0.4) is 0 Å². The van der Waals surface area contributed by atoms with Gasteiger partial charge in [-0.05, 0) is 36.6 Å². The molecule has 2 rings (SSSR count). The van der Waals surface area contributed by atoms with E-state index >= 15 is 0 Å². The molecule has 1 unspecified atom stereocenters. The minimum atomic E-state index is -0.0970. The first-order valence-electron chi connectivity index (χ1n) is 5.67. The molecule has 1 atom stereocenters. The van der Waals surface area contributed by atoms with Gasteiger partial charge in [-0.3, -0.25) is 4.79 Å². The molecule has 4 heteroatoms. The Morgan fingerprint density at radius 3 is 3.12 bits per heavy atom. The van der Waals surface area contributed by atoms with E-state index in [1.807, 2.05) is 17.5 Å². The molecule has 1 amide bonds. The van der Waals surface area contributed by atoms with Crippen LogP contribution in [0.1, 0.15) is 42.3 Å². The molecule has 0 radical (unpaired) electrons. The number of hydrogen-bond donors (Lipinski definition) is 1. The summed E-state index contributed by atoms with van der Waals surface area (Å²) < 4.78 is 0. The van der Waals surface area contributed by atoms with Crippen molar-refractivity contribution >= 4 is 23.0 Å². The maximum Gasteiger partial charge on any atom is 0.281 e. The van der Waals surface area contributed by atoms with Crippen LogP contribution < -0.4 is 5.43 Å². The third-order valence-electron chi connectivity index (χ3n) is 2.93. The molecule has 1 fully saturated rings. The highest BCUT2D eigenvalue weighted by Crippen LogP contribution is 2.20. The van der Waals surface area contributed by atoms with Crippen molar-refractivity contribution in [3.63, 3.8) is 0 Å². The average molecular weight is 236 g/mol. The number of hydrazone groups is 1. The fraction of sp³-hybridized carbons (Fsp3) is 0.500. The Kier molecular flexibility index (Phi) is 3.72. The second-order valence-corrected chi connectivity index (χ2v) is 5.12. The van der Waals surface area contributed by atoms with Crippen LogP contribution in [0.15, 0.2) is 22.6 Å². The minimum absolute atomic E-state index is 0.0970. The lowest BCUT2D eigenvalue weighted by molar-refractivity contribution is 0.0958. The first kappa shape index (κ1) is 11.3. The number of rotatable bonds is 2. The first-order chi connectivity index (χ1) is 7.77. The topological polar surface area (TPSA) is 41.5 Å². The zero-order valence-electron chi connectivity index (χ0n) is 9.40. The van der Waals surface area contributed by atoms with Crippen molar-refractivity contribution in [3.8, 4) is 0 Å². The number of amides is 1. The summed E-state index contributed by atoms with van der Waals surface area (Å²) in [5.41, 5.74) is 3.78. The SMILES string of the molecule is CC1CCCC/C1=N\NC(=O)c1cccs1. The number of hydrogen-bond acceptors (Lipinski definition) is 3. The summed E-state index contributed by atoms with van der Waals surface area (Å²) in [6, 6.07) is 3.68. The van der Waals surface area contributed by atoms with Gasteiger partial charge in [0.1, 0.15) is 0 Å². The van der Waals surface area contributed by atoms with Crippen LogP contribution in [0.5, 0.6) is 0 Å². The minimum Gasteiger partial charge on any atom is -0.266 e. The summed E-state index contributed by atoms with van der Waals surface area (Å²) in [5, 5.41) is 6.14. The van der Waals surface area contributed by atoms with E-state index in [1.165, 1.54) is 30.6 Å². The standard InChI is InChI=1S/C12H16N2OS/c1-9-5-2-3-6-10(9)13-14-12(15)11-7-4-8-16-11/h4,7-9H,2-3,5-6H2,1H3,(H,14,15)/b13-10+. The monoisotopic (exact) mass is 236 g/mol. The van der Waals surface area contributed by atoms with E-state index in [0.29, 0.717) is 10.8 Å². The second-order valence-electron chi connectivity index (χ2n) is 4.17. The molecule has 1 aliphatic rings.